The van der Waals surface area contributed by atoms with E-state index in [1.807, 2.05) is 19.9 Å². The van der Waals surface area contributed by atoms with Crippen LogP contribution in [-0.2, 0) is 13.0 Å². The predicted molar refractivity (Wildman–Crippen MR) is 111 cm³/mol. The van der Waals surface area contributed by atoms with E-state index in [2.05, 4.69) is 0 Å². The summed E-state index contributed by atoms with van der Waals surface area (Å²) in [5.41, 5.74) is 3.31. The van der Waals surface area contributed by atoms with Crippen LogP contribution < -0.4 is 4.74 Å². The maximum absolute atomic E-state index is 13.3. The van der Waals surface area contributed by atoms with Gasteiger partial charge in [0.05, 0.1) is 0 Å². The van der Waals surface area contributed by atoms with Crippen LogP contribution in [0.1, 0.15) is 40.9 Å². The molecule has 0 heterocycles. The van der Waals surface area contributed by atoms with Crippen LogP contribution in [0.5, 0.6) is 5.75 Å². The Kier molecular flexibility index (Phi) is 6.72. The van der Waals surface area contributed by atoms with Crippen molar-refractivity contribution in [1.82, 2.24) is 0 Å². The molecule has 0 unspecified atom stereocenters. The zero-order chi connectivity index (χ0) is 21.7. The molecule has 0 saturated heterocycles. The number of hydrogen-bond donors (Lipinski definition) is 0. The van der Waals surface area contributed by atoms with E-state index < -0.39 is 11.6 Å². The molecular weight excluding hydrogens is 389 g/mol. The van der Waals surface area contributed by atoms with Gasteiger partial charge in [0.2, 0.25) is 0 Å². The minimum Gasteiger partial charge on any atom is -0.489 e. The van der Waals surface area contributed by atoms with Crippen LogP contribution in [0.15, 0.2) is 66.2 Å². The smallest absolute Gasteiger partial charge is 0.189 e. The number of fused-ring (bicyclic) bond motifs is 1. The van der Waals surface area contributed by atoms with E-state index in [1.165, 1.54) is 18.2 Å². The Balaban J connectivity index is 0.00000124. The van der Waals surface area contributed by atoms with Gasteiger partial charge in [-0.2, -0.15) is 0 Å². The lowest BCUT2D eigenvalue weighted by Crippen LogP contribution is -1.99. The number of halogens is 3. The number of carbonyl (C=O) groups is 1. The van der Waals surface area contributed by atoms with Crippen molar-refractivity contribution >= 4 is 11.9 Å². The summed E-state index contributed by atoms with van der Waals surface area (Å²) in [6, 6.07) is 14.7. The van der Waals surface area contributed by atoms with Crippen molar-refractivity contribution in [1.29, 1.82) is 0 Å². The summed E-state index contributed by atoms with van der Waals surface area (Å²) in [6.07, 6.45) is 2.25. The first-order valence-electron chi connectivity index (χ1n) is 9.70. The normalized spacial score (nSPS) is 13.6. The van der Waals surface area contributed by atoms with Crippen LogP contribution in [-0.4, -0.2) is 5.78 Å². The molecule has 0 N–H and O–H groups in total. The Morgan fingerprint density at radius 1 is 0.900 bits per heavy atom. The second-order valence-corrected chi connectivity index (χ2v) is 6.58. The number of hydrogen-bond acceptors (Lipinski definition) is 2. The van der Waals surface area contributed by atoms with Crippen LogP contribution in [0.25, 0.3) is 6.08 Å². The molecule has 4 rings (SSSR count). The van der Waals surface area contributed by atoms with Gasteiger partial charge in [-0.15, -0.1) is 0 Å². The highest BCUT2D eigenvalue weighted by atomic mass is 19.2. The van der Waals surface area contributed by atoms with Gasteiger partial charge in [-0.25, -0.2) is 13.2 Å². The molecule has 2 nitrogen and oxygen atoms in total. The Hall–Kier alpha value is -3.34. The standard InChI is InChI=1S/C23H15F3O2.C2H6/c24-18-5-1-14(2-6-18)9-17-11-16-4-7-19(12-20(16)23(17)27)28-13-15-3-8-21(25)22(26)10-15;1-2/h1-10,12H,11,13H2;1-2H3/b17-9+;. The van der Waals surface area contributed by atoms with Crippen LogP contribution in [0, 0.1) is 17.5 Å². The lowest BCUT2D eigenvalue weighted by atomic mass is 10.1. The van der Waals surface area contributed by atoms with Crippen molar-refractivity contribution in [3.63, 3.8) is 0 Å². The Morgan fingerprint density at radius 2 is 1.63 bits per heavy atom. The van der Waals surface area contributed by atoms with Crippen LogP contribution in [0.4, 0.5) is 13.2 Å². The molecule has 1 aliphatic rings. The van der Waals surface area contributed by atoms with Gasteiger partial charge in [-0.1, -0.05) is 38.1 Å². The van der Waals surface area contributed by atoms with Gasteiger partial charge < -0.3 is 4.74 Å². The van der Waals surface area contributed by atoms with Crippen LogP contribution in [0.3, 0.4) is 0 Å². The van der Waals surface area contributed by atoms with Crippen molar-refractivity contribution in [3.05, 3.63) is 106 Å². The summed E-state index contributed by atoms with van der Waals surface area (Å²) >= 11 is 0. The van der Waals surface area contributed by atoms with Gasteiger partial charge in [0.25, 0.3) is 0 Å². The summed E-state index contributed by atoms with van der Waals surface area (Å²) in [5.74, 6) is -1.79. The Morgan fingerprint density at radius 3 is 2.33 bits per heavy atom. The van der Waals surface area contributed by atoms with Crippen molar-refractivity contribution < 1.29 is 22.7 Å². The van der Waals surface area contributed by atoms with Gasteiger partial charge in [-0.05, 0) is 59.2 Å². The number of benzene rings is 3. The van der Waals surface area contributed by atoms with Gasteiger partial charge in [-0.3, -0.25) is 4.79 Å². The van der Waals surface area contributed by atoms with Crippen molar-refractivity contribution in [3.8, 4) is 5.75 Å². The molecule has 0 aliphatic heterocycles. The Labute approximate surface area is 173 Å². The molecule has 0 aromatic heterocycles. The molecule has 30 heavy (non-hydrogen) atoms. The number of carbonyl (C=O) groups excluding carboxylic acids is 1. The number of rotatable bonds is 4. The number of ether oxygens (including phenoxy) is 1. The first kappa shape index (κ1) is 21.4. The first-order chi connectivity index (χ1) is 14.5. The fraction of sp³-hybridized carbons (Fsp3) is 0.160. The molecule has 0 bridgehead atoms. The fourth-order valence-corrected chi connectivity index (χ4v) is 3.14. The third kappa shape index (κ3) is 4.79. The highest BCUT2D eigenvalue weighted by Crippen LogP contribution is 2.31. The molecule has 0 fully saturated rings. The summed E-state index contributed by atoms with van der Waals surface area (Å²) in [5, 5.41) is 0. The molecular formula is C25H21F3O2. The quantitative estimate of drug-likeness (QED) is 0.457. The summed E-state index contributed by atoms with van der Waals surface area (Å²) in [7, 11) is 0. The maximum Gasteiger partial charge on any atom is 0.189 e. The Bertz CT molecular complexity index is 1090. The van der Waals surface area contributed by atoms with E-state index in [0.717, 1.165) is 23.3 Å². The molecule has 0 radical (unpaired) electrons. The molecule has 154 valence electrons. The lowest BCUT2D eigenvalue weighted by Gasteiger charge is -2.08. The van der Waals surface area contributed by atoms with Crippen molar-refractivity contribution in [2.45, 2.75) is 26.9 Å². The monoisotopic (exact) mass is 410 g/mol. The topological polar surface area (TPSA) is 26.3 Å². The van der Waals surface area contributed by atoms with E-state index in [4.69, 9.17) is 4.74 Å². The van der Waals surface area contributed by atoms with E-state index in [-0.39, 0.29) is 18.2 Å². The van der Waals surface area contributed by atoms with E-state index in [9.17, 15) is 18.0 Å². The van der Waals surface area contributed by atoms with Gasteiger partial charge in [0, 0.05) is 17.6 Å². The average molecular weight is 410 g/mol. The first-order valence-corrected chi connectivity index (χ1v) is 9.70. The minimum absolute atomic E-state index is 0.0580. The molecule has 0 atom stereocenters. The highest BCUT2D eigenvalue weighted by Gasteiger charge is 2.25. The predicted octanol–water partition coefficient (Wildman–Crippen LogP) is 6.53. The molecule has 5 heteroatoms. The second kappa shape index (κ2) is 9.44. The maximum atomic E-state index is 13.3. The number of ketones is 1. The molecule has 0 saturated carbocycles. The fourth-order valence-electron chi connectivity index (χ4n) is 3.14. The molecule has 3 aromatic rings. The number of Topliss-reactive ketones (excluding diaryl/α,β-unsaturated/α-hetero) is 1. The summed E-state index contributed by atoms with van der Waals surface area (Å²) in [6.45, 7) is 4.06. The molecule has 0 amide bonds. The summed E-state index contributed by atoms with van der Waals surface area (Å²) in [4.78, 5) is 12.7. The average Bonchev–Trinajstić information content (AvgIpc) is 3.07. The molecule has 0 spiro atoms. The third-order valence-electron chi connectivity index (χ3n) is 4.60. The van der Waals surface area contributed by atoms with Gasteiger partial charge in [0.1, 0.15) is 18.2 Å². The summed E-state index contributed by atoms with van der Waals surface area (Å²) < 4.78 is 44.9. The second-order valence-electron chi connectivity index (χ2n) is 6.58. The van der Waals surface area contributed by atoms with Crippen molar-refractivity contribution in [2.75, 3.05) is 0 Å². The zero-order valence-electron chi connectivity index (χ0n) is 16.7. The largest absolute Gasteiger partial charge is 0.489 e. The SMILES string of the molecule is CC.O=C1/C(=C/c2ccc(F)cc2)Cc2ccc(OCc3ccc(F)c(F)c3)cc21. The number of allylic oxidation sites excluding steroid dienone is 1. The van der Waals surface area contributed by atoms with Gasteiger partial charge in [0.15, 0.2) is 17.4 Å². The third-order valence-corrected chi connectivity index (χ3v) is 4.60. The van der Waals surface area contributed by atoms with Gasteiger partial charge >= 0.3 is 0 Å². The molecule has 3 aromatic carbocycles. The minimum atomic E-state index is -0.930. The van der Waals surface area contributed by atoms with Crippen molar-refractivity contribution in [2.24, 2.45) is 0 Å². The highest BCUT2D eigenvalue weighted by molar-refractivity contribution is 6.15. The molecule has 1 aliphatic carbocycles. The lowest BCUT2D eigenvalue weighted by molar-refractivity contribution is 0.104. The van der Waals surface area contributed by atoms with Crippen LogP contribution >= 0.6 is 0 Å². The zero-order valence-corrected chi connectivity index (χ0v) is 16.7. The van der Waals surface area contributed by atoms with E-state index in [1.54, 1.807) is 30.3 Å². The van der Waals surface area contributed by atoms with Crippen LogP contribution in [0.2, 0.25) is 0 Å². The van der Waals surface area contributed by atoms with E-state index in [0.29, 0.717) is 28.9 Å². The van der Waals surface area contributed by atoms with E-state index >= 15 is 0 Å².